The van der Waals surface area contributed by atoms with E-state index in [-0.39, 0.29) is 11.9 Å². The van der Waals surface area contributed by atoms with Crippen molar-refractivity contribution in [2.24, 2.45) is 0 Å². The molecule has 6 nitrogen and oxygen atoms in total. The van der Waals surface area contributed by atoms with E-state index in [9.17, 15) is 4.79 Å². The zero-order valence-electron chi connectivity index (χ0n) is 20.1. The van der Waals surface area contributed by atoms with Gasteiger partial charge in [0.1, 0.15) is 18.1 Å². The van der Waals surface area contributed by atoms with Gasteiger partial charge < -0.3 is 23.5 Å². The normalized spacial score (nSPS) is 15.4. The molecule has 0 aliphatic carbocycles. The van der Waals surface area contributed by atoms with Crippen LogP contribution >= 0.6 is 0 Å². The first-order chi connectivity index (χ1) is 16.5. The Morgan fingerprint density at radius 1 is 1.12 bits per heavy atom. The number of furan rings is 1. The van der Waals surface area contributed by atoms with Crippen LogP contribution in [0, 0.1) is 0 Å². The lowest BCUT2D eigenvalue weighted by Crippen LogP contribution is -2.41. The number of fused-ring (bicyclic) bond motifs is 1. The second-order valence-electron chi connectivity index (χ2n) is 8.59. The maximum atomic E-state index is 13.2. The van der Waals surface area contributed by atoms with E-state index < -0.39 is 0 Å². The second kappa shape index (κ2) is 10.5. The van der Waals surface area contributed by atoms with Crippen molar-refractivity contribution in [3.8, 4) is 17.2 Å². The molecule has 0 N–H and O–H groups in total. The summed E-state index contributed by atoms with van der Waals surface area (Å²) in [7, 11) is 3.24. The number of hydrogen-bond donors (Lipinski definition) is 0. The van der Waals surface area contributed by atoms with Gasteiger partial charge in [-0.1, -0.05) is 26.0 Å². The van der Waals surface area contributed by atoms with Crippen LogP contribution < -0.4 is 14.2 Å². The molecule has 0 fully saturated rings. The highest BCUT2D eigenvalue weighted by Crippen LogP contribution is 2.38. The number of carbonyl (C=O) groups is 1. The van der Waals surface area contributed by atoms with Crippen molar-refractivity contribution in [2.75, 3.05) is 27.4 Å². The highest BCUT2D eigenvalue weighted by atomic mass is 16.5. The van der Waals surface area contributed by atoms with Crippen LogP contribution in [0.5, 0.6) is 17.2 Å². The van der Waals surface area contributed by atoms with Crippen LogP contribution in [-0.4, -0.2) is 38.2 Å². The van der Waals surface area contributed by atoms with Gasteiger partial charge in [-0.2, -0.15) is 0 Å². The third-order valence-electron chi connectivity index (χ3n) is 6.17. The zero-order chi connectivity index (χ0) is 24.1. The number of hydrogen-bond acceptors (Lipinski definition) is 5. The molecule has 2 aromatic carbocycles. The fourth-order valence-corrected chi connectivity index (χ4v) is 4.23. The van der Waals surface area contributed by atoms with Crippen LogP contribution in [0.15, 0.2) is 65.3 Å². The monoisotopic (exact) mass is 461 g/mol. The lowest BCUT2D eigenvalue weighted by Gasteiger charge is -2.37. The van der Waals surface area contributed by atoms with Crippen LogP contribution in [0.2, 0.25) is 0 Å². The molecule has 4 rings (SSSR count). The molecule has 1 aliphatic rings. The molecule has 6 heteroatoms. The van der Waals surface area contributed by atoms with Crippen molar-refractivity contribution in [3.05, 3.63) is 83.3 Å². The smallest absolute Gasteiger partial charge is 0.247 e. The lowest BCUT2D eigenvalue weighted by molar-refractivity contribution is -0.129. The van der Waals surface area contributed by atoms with Crippen LogP contribution in [-0.2, 0) is 11.2 Å². The van der Waals surface area contributed by atoms with Gasteiger partial charge in [0.05, 0.1) is 26.5 Å². The van der Waals surface area contributed by atoms with Crippen molar-refractivity contribution >= 4 is 12.0 Å². The summed E-state index contributed by atoms with van der Waals surface area (Å²) in [6, 6.07) is 15.4. The Labute approximate surface area is 200 Å². The summed E-state index contributed by atoms with van der Waals surface area (Å²) in [4.78, 5) is 15.1. The predicted molar refractivity (Wildman–Crippen MR) is 131 cm³/mol. The maximum absolute atomic E-state index is 13.2. The minimum absolute atomic E-state index is 0.0967. The van der Waals surface area contributed by atoms with Crippen LogP contribution in [0.1, 0.15) is 48.3 Å². The SMILES string of the molecule is COc1cc2c(cc1OC)C(COc1ccc(C(C)C)cc1)N(C(=O)C=Cc1ccco1)CC2. The third-order valence-corrected chi connectivity index (χ3v) is 6.17. The Balaban J connectivity index is 1.62. The first-order valence-corrected chi connectivity index (χ1v) is 11.5. The summed E-state index contributed by atoms with van der Waals surface area (Å²) in [5, 5.41) is 0. The standard InChI is InChI=1S/C28H31NO5/c1-19(2)20-7-9-23(10-8-20)34-18-25-24-17-27(32-4)26(31-3)16-21(24)13-14-29(25)28(30)12-11-22-6-5-15-33-22/h5-12,15-17,19,25H,13-14,18H2,1-4H3. The molecule has 178 valence electrons. The number of amides is 1. The van der Waals surface area contributed by atoms with Gasteiger partial charge in [-0.25, -0.2) is 0 Å². The van der Waals surface area contributed by atoms with Gasteiger partial charge in [-0.15, -0.1) is 0 Å². The van der Waals surface area contributed by atoms with E-state index in [4.69, 9.17) is 18.6 Å². The fourth-order valence-electron chi connectivity index (χ4n) is 4.23. The molecule has 1 atom stereocenters. The molecule has 0 bridgehead atoms. The van der Waals surface area contributed by atoms with Crippen molar-refractivity contribution in [2.45, 2.75) is 32.2 Å². The first kappa shape index (κ1) is 23.5. The summed E-state index contributed by atoms with van der Waals surface area (Å²) in [5.74, 6) is 3.08. The van der Waals surface area contributed by atoms with Gasteiger partial charge in [0, 0.05) is 12.6 Å². The summed E-state index contributed by atoms with van der Waals surface area (Å²) >= 11 is 0. The summed E-state index contributed by atoms with van der Waals surface area (Å²) < 4.78 is 22.6. The molecule has 2 heterocycles. The molecule has 1 aromatic heterocycles. The van der Waals surface area contributed by atoms with Crippen molar-refractivity contribution in [3.63, 3.8) is 0 Å². The largest absolute Gasteiger partial charge is 0.493 e. The van der Waals surface area contributed by atoms with Gasteiger partial charge in [0.2, 0.25) is 5.91 Å². The highest BCUT2D eigenvalue weighted by molar-refractivity contribution is 5.92. The molecular weight excluding hydrogens is 430 g/mol. The molecule has 1 aliphatic heterocycles. The number of carbonyl (C=O) groups excluding carboxylic acids is 1. The Kier molecular flexibility index (Phi) is 7.26. The second-order valence-corrected chi connectivity index (χ2v) is 8.59. The Morgan fingerprint density at radius 3 is 2.50 bits per heavy atom. The Bertz CT molecular complexity index is 1130. The van der Waals surface area contributed by atoms with Gasteiger partial charge in [0.25, 0.3) is 0 Å². The van der Waals surface area contributed by atoms with E-state index in [1.165, 1.54) is 5.56 Å². The topological polar surface area (TPSA) is 61.1 Å². The number of benzene rings is 2. The fraction of sp³-hybridized carbons (Fsp3) is 0.321. The van der Waals surface area contributed by atoms with Crippen molar-refractivity contribution in [1.82, 2.24) is 4.90 Å². The molecule has 0 saturated carbocycles. The van der Waals surface area contributed by atoms with E-state index in [1.54, 1.807) is 38.7 Å². The Hall–Kier alpha value is -3.67. The van der Waals surface area contributed by atoms with E-state index in [2.05, 4.69) is 26.0 Å². The van der Waals surface area contributed by atoms with Crippen LogP contribution in [0.3, 0.4) is 0 Å². The van der Waals surface area contributed by atoms with Gasteiger partial charge in [-0.3, -0.25) is 4.79 Å². The number of methoxy groups -OCH3 is 2. The Morgan fingerprint density at radius 2 is 1.85 bits per heavy atom. The highest BCUT2D eigenvalue weighted by Gasteiger charge is 2.32. The van der Waals surface area contributed by atoms with Gasteiger partial charge in [-0.05, 0) is 71.5 Å². The summed E-state index contributed by atoms with van der Waals surface area (Å²) in [6.45, 7) is 5.22. The van der Waals surface area contributed by atoms with E-state index in [0.717, 1.165) is 23.3 Å². The molecule has 1 unspecified atom stereocenters. The van der Waals surface area contributed by atoms with Crippen molar-refractivity contribution in [1.29, 1.82) is 0 Å². The zero-order valence-corrected chi connectivity index (χ0v) is 20.1. The molecule has 34 heavy (non-hydrogen) atoms. The number of rotatable bonds is 8. The van der Waals surface area contributed by atoms with E-state index >= 15 is 0 Å². The maximum Gasteiger partial charge on any atom is 0.247 e. The average Bonchev–Trinajstić information content (AvgIpc) is 3.38. The summed E-state index contributed by atoms with van der Waals surface area (Å²) in [5.41, 5.74) is 3.38. The number of nitrogens with zero attached hydrogens (tertiary/aromatic N) is 1. The molecular formula is C28H31NO5. The average molecular weight is 462 g/mol. The molecule has 0 spiro atoms. The van der Waals surface area contributed by atoms with Crippen molar-refractivity contribution < 1.29 is 23.4 Å². The first-order valence-electron chi connectivity index (χ1n) is 11.5. The minimum Gasteiger partial charge on any atom is -0.493 e. The minimum atomic E-state index is -0.276. The summed E-state index contributed by atoms with van der Waals surface area (Å²) in [6.07, 6.45) is 5.54. The van der Waals surface area contributed by atoms with Gasteiger partial charge >= 0.3 is 0 Å². The molecule has 3 aromatic rings. The van der Waals surface area contributed by atoms with E-state index in [0.29, 0.717) is 36.3 Å². The number of ether oxygens (including phenoxy) is 3. The molecule has 1 amide bonds. The van der Waals surface area contributed by atoms with Crippen LogP contribution in [0.4, 0.5) is 0 Å². The lowest BCUT2D eigenvalue weighted by atomic mass is 9.92. The third kappa shape index (κ3) is 5.11. The molecule has 0 radical (unpaired) electrons. The van der Waals surface area contributed by atoms with Crippen LogP contribution in [0.25, 0.3) is 6.08 Å². The predicted octanol–water partition coefficient (Wildman–Crippen LogP) is 5.64. The van der Waals surface area contributed by atoms with E-state index in [1.807, 2.05) is 35.2 Å². The molecule has 0 saturated heterocycles. The van der Waals surface area contributed by atoms with Gasteiger partial charge in [0.15, 0.2) is 11.5 Å². The quantitative estimate of drug-likeness (QED) is 0.407.